The molecule has 0 aliphatic heterocycles. The molecule has 0 aliphatic rings. The number of hydrogen-bond donors (Lipinski definition) is 5. The Hall–Kier alpha value is -2.09. The Balaban J connectivity index is 2.17. The first kappa shape index (κ1) is 17.3. The van der Waals surface area contributed by atoms with Crippen molar-refractivity contribution in [3.05, 3.63) is 49.9 Å². The molecule has 2 aromatic rings. The van der Waals surface area contributed by atoms with Crippen molar-refractivity contribution < 1.29 is 0 Å². The lowest BCUT2D eigenvalue weighted by atomic mass is 10.2. The van der Waals surface area contributed by atoms with Crippen LogP contribution in [0.1, 0.15) is 11.3 Å². The van der Waals surface area contributed by atoms with E-state index in [-0.39, 0.29) is 22.9 Å². The predicted molar refractivity (Wildman–Crippen MR) is 94.1 cm³/mol. The van der Waals surface area contributed by atoms with Gasteiger partial charge in [-0.3, -0.25) is 9.78 Å². The van der Waals surface area contributed by atoms with E-state index in [1.54, 1.807) is 12.1 Å². The molecule has 1 heterocycles. The quantitative estimate of drug-likeness (QED) is 0.487. The first-order valence-corrected chi connectivity index (χ1v) is 7.57. The number of nitrogens with one attached hydrogen (secondary N) is 4. The van der Waals surface area contributed by atoms with E-state index >= 15 is 0 Å². The highest BCUT2D eigenvalue weighted by Crippen LogP contribution is 2.22. The standard InChI is InChI=1S/C14H16Cl2N6O/c15-9-2-1-8(5-10(9)16)7-20-14-21-11(6-18)12(13(23)22-14)19-4-3-17/h1-2,5-6,18-19H,3-4,7,17H2,(H2,20,21,22,23). The van der Waals surface area contributed by atoms with E-state index in [4.69, 9.17) is 34.3 Å². The van der Waals surface area contributed by atoms with Crippen LogP contribution < -0.4 is 21.9 Å². The lowest BCUT2D eigenvalue weighted by Gasteiger charge is -2.10. The first-order valence-electron chi connectivity index (χ1n) is 6.81. The summed E-state index contributed by atoms with van der Waals surface area (Å²) in [6, 6.07) is 5.23. The van der Waals surface area contributed by atoms with Crippen molar-refractivity contribution in [1.82, 2.24) is 9.97 Å². The SMILES string of the molecule is N=Cc1nc(NCc2ccc(Cl)c(Cl)c2)[nH]c(=O)c1NCCN. The van der Waals surface area contributed by atoms with Crippen molar-refractivity contribution in [1.29, 1.82) is 5.41 Å². The lowest BCUT2D eigenvalue weighted by molar-refractivity contribution is 0.991. The third kappa shape index (κ3) is 4.44. The number of anilines is 2. The van der Waals surface area contributed by atoms with Crippen LogP contribution in [0.2, 0.25) is 10.0 Å². The maximum atomic E-state index is 12.1. The monoisotopic (exact) mass is 354 g/mol. The van der Waals surface area contributed by atoms with Crippen molar-refractivity contribution >= 4 is 41.1 Å². The molecule has 0 spiro atoms. The van der Waals surface area contributed by atoms with Crippen LogP contribution in [-0.2, 0) is 6.54 Å². The maximum absolute atomic E-state index is 12.1. The van der Waals surface area contributed by atoms with Gasteiger partial charge in [0.15, 0.2) is 0 Å². The number of benzene rings is 1. The Labute approximate surface area is 142 Å². The highest BCUT2D eigenvalue weighted by atomic mass is 35.5. The molecule has 23 heavy (non-hydrogen) atoms. The van der Waals surface area contributed by atoms with Gasteiger partial charge in [0.1, 0.15) is 11.4 Å². The molecule has 0 aliphatic carbocycles. The zero-order valence-corrected chi connectivity index (χ0v) is 13.6. The number of H-pyrrole nitrogens is 1. The van der Waals surface area contributed by atoms with Crippen LogP contribution in [0.15, 0.2) is 23.0 Å². The van der Waals surface area contributed by atoms with Gasteiger partial charge in [0.05, 0.1) is 10.0 Å². The molecule has 1 aromatic heterocycles. The number of hydrogen-bond acceptors (Lipinski definition) is 6. The van der Waals surface area contributed by atoms with Crippen molar-refractivity contribution in [3.63, 3.8) is 0 Å². The molecule has 9 heteroatoms. The second-order valence-corrected chi connectivity index (χ2v) is 5.45. The topological polar surface area (TPSA) is 120 Å². The molecule has 122 valence electrons. The summed E-state index contributed by atoms with van der Waals surface area (Å²) >= 11 is 11.8. The number of halogens is 2. The highest BCUT2D eigenvalue weighted by Gasteiger charge is 2.09. The summed E-state index contributed by atoms with van der Waals surface area (Å²) in [5.41, 5.74) is 6.37. The maximum Gasteiger partial charge on any atom is 0.276 e. The molecule has 6 N–H and O–H groups in total. The summed E-state index contributed by atoms with van der Waals surface area (Å²) in [6.07, 6.45) is 1.01. The second kappa shape index (κ2) is 7.96. The van der Waals surface area contributed by atoms with E-state index in [2.05, 4.69) is 20.6 Å². The fourth-order valence-electron chi connectivity index (χ4n) is 1.88. The van der Waals surface area contributed by atoms with Crippen LogP contribution in [0.3, 0.4) is 0 Å². The Morgan fingerprint density at radius 2 is 2.09 bits per heavy atom. The molecule has 2 rings (SSSR count). The Bertz CT molecular complexity index is 761. The normalized spacial score (nSPS) is 10.4. The van der Waals surface area contributed by atoms with Gasteiger partial charge in [0, 0.05) is 25.8 Å². The van der Waals surface area contributed by atoms with Gasteiger partial charge in [-0.15, -0.1) is 0 Å². The average molecular weight is 355 g/mol. The number of aromatic nitrogens is 2. The highest BCUT2D eigenvalue weighted by molar-refractivity contribution is 6.42. The van der Waals surface area contributed by atoms with Crippen molar-refractivity contribution in [3.8, 4) is 0 Å². The number of rotatable bonds is 7. The van der Waals surface area contributed by atoms with E-state index in [1.807, 2.05) is 6.07 Å². The van der Waals surface area contributed by atoms with Gasteiger partial charge < -0.3 is 21.8 Å². The molecule has 0 amide bonds. The third-order valence-corrected chi connectivity index (χ3v) is 3.71. The zero-order valence-electron chi connectivity index (χ0n) is 12.1. The summed E-state index contributed by atoms with van der Waals surface area (Å²) < 4.78 is 0. The Morgan fingerprint density at radius 3 is 2.74 bits per heavy atom. The molecule has 1 aromatic carbocycles. The van der Waals surface area contributed by atoms with Crippen LogP contribution in [0.5, 0.6) is 0 Å². The molecule has 0 bridgehead atoms. The minimum absolute atomic E-state index is 0.227. The molecule has 0 radical (unpaired) electrons. The molecule has 0 saturated heterocycles. The van der Waals surface area contributed by atoms with Gasteiger partial charge in [0.2, 0.25) is 5.95 Å². The third-order valence-electron chi connectivity index (χ3n) is 2.97. The fourth-order valence-corrected chi connectivity index (χ4v) is 2.20. The van der Waals surface area contributed by atoms with E-state index in [9.17, 15) is 4.79 Å². The van der Waals surface area contributed by atoms with E-state index in [0.717, 1.165) is 11.8 Å². The van der Waals surface area contributed by atoms with E-state index < -0.39 is 0 Å². The summed E-state index contributed by atoms with van der Waals surface area (Å²) in [7, 11) is 0. The molecule has 7 nitrogen and oxygen atoms in total. The predicted octanol–water partition coefficient (Wildman–Crippen LogP) is 2.06. The lowest BCUT2D eigenvalue weighted by Crippen LogP contribution is -2.23. The Kier molecular flexibility index (Phi) is 5.97. The van der Waals surface area contributed by atoms with Crippen LogP contribution >= 0.6 is 23.2 Å². The van der Waals surface area contributed by atoms with Crippen LogP contribution in [0.25, 0.3) is 0 Å². The molecule has 0 saturated carbocycles. The van der Waals surface area contributed by atoms with Gasteiger partial charge in [-0.05, 0) is 17.7 Å². The van der Waals surface area contributed by atoms with Crippen molar-refractivity contribution in [2.75, 3.05) is 23.7 Å². The summed E-state index contributed by atoms with van der Waals surface area (Å²) in [5, 5.41) is 14.2. The second-order valence-electron chi connectivity index (χ2n) is 4.64. The van der Waals surface area contributed by atoms with Crippen molar-refractivity contribution in [2.45, 2.75) is 6.54 Å². The number of nitrogens with two attached hydrogens (primary N) is 1. The van der Waals surface area contributed by atoms with Crippen LogP contribution in [0, 0.1) is 5.41 Å². The van der Waals surface area contributed by atoms with Gasteiger partial charge in [-0.25, -0.2) is 4.98 Å². The minimum atomic E-state index is -0.372. The van der Waals surface area contributed by atoms with Gasteiger partial charge in [0.25, 0.3) is 5.56 Å². The fraction of sp³-hybridized carbons (Fsp3) is 0.214. The smallest absolute Gasteiger partial charge is 0.276 e. The van der Waals surface area contributed by atoms with E-state index in [0.29, 0.717) is 29.7 Å². The first-order chi connectivity index (χ1) is 11.0. The van der Waals surface area contributed by atoms with Gasteiger partial charge in [-0.2, -0.15) is 0 Å². The molecular weight excluding hydrogens is 339 g/mol. The Morgan fingerprint density at radius 1 is 1.30 bits per heavy atom. The van der Waals surface area contributed by atoms with Crippen molar-refractivity contribution in [2.24, 2.45) is 5.73 Å². The van der Waals surface area contributed by atoms with Crippen LogP contribution in [-0.4, -0.2) is 29.3 Å². The largest absolute Gasteiger partial charge is 0.378 e. The minimum Gasteiger partial charge on any atom is -0.378 e. The van der Waals surface area contributed by atoms with Gasteiger partial charge >= 0.3 is 0 Å². The van der Waals surface area contributed by atoms with Crippen LogP contribution in [0.4, 0.5) is 11.6 Å². The summed E-state index contributed by atoms with van der Waals surface area (Å²) in [5.74, 6) is 0.262. The zero-order chi connectivity index (χ0) is 16.8. The summed E-state index contributed by atoms with van der Waals surface area (Å²) in [6.45, 7) is 1.18. The summed E-state index contributed by atoms with van der Waals surface area (Å²) in [4.78, 5) is 18.9. The molecular formula is C14H16Cl2N6O. The number of aromatic amines is 1. The van der Waals surface area contributed by atoms with E-state index in [1.165, 1.54) is 0 Å². The molecule has 0 atom stereocenters. The molecule has 0 unspecified atom stereocenters. The average Bonchev–Trinajstić information content (AvgIpc) is 2.54. The van der Waals surface area contributed by atoms with Gasteiger partial charge in [-0.1, -0.05) is 29.3 Å². The molecule has 0 fully saturated rings. The number of nitrogens with zero attached hydrogens (tertiary/aromatic N) is 1.